The first kappa shape index (κ1) is 20.6. The molecule has 0 radical (unpaired) electrons. The maximum Gasteiger partial charge on any atom is 0.408 e. The number of rotatable bonds is 3. The Hall–Kier alpha value is -2.69. The topological polar surface area (TPSA) is 63.5 Å². The van der Waals surface area contributed by atoms with Crippen LogP contribution in [0.2, 0.25) is 0 Å². The SMILES string of the molecule is CC1COCCN1c1cc(=O)n2c(n1)N(Cc1ccc(F)cn1)C(C(F)(F)F)CC2. The van der Waals surface area contributed by atoms with Crippen LogP contribution in [-0.2, 0) is 17.8 Å². The van der Waals surface area contributed by atoms with Crippen LogP contribution in [0.3, 0.4) is 0 Å². The van der Waals surface area contributed by atoms with Crippen LogP contribution >= 0.6 is 0 Å². The summed E-state index contributed by atoms with van der Waals surface area (Å²) in [6.07, 6.45) is -3.86. The van der Waals surface area contributed by atoms with Crippen molar-refractivity contribution in [3.05, 3.63) is 46.3 Å². The van der Waals surface area contributed by atoms with Gasteiger partial charge in [-0.2, -0.15) is 18.2 Å². The van der Waals surface area contributed by atoms with Gasteiger partial charge in [-0.1, -0.05) is 0 Å². The lowest BCUT2D eigenvalue weighted by Crippen LogP contribution is -2.52. The highest BCUT2D eigenvalue weighted by molar-refractivity contribution is 5.47. The largest absolute Gasteiger partial charge is 0.408 e. The van der Waals surface area contributed by atoms with Crippen molar-refractivity contribution >= 4 is 11.8 Å². The van der Waals surface area contributed by atoms with Crippen LogP contribution in [0.15, 0.2) is 29.2 Å². The van der Waals surface area contributed by atoms with E-state index < -0.39 is 23.6 Å². The van der Waals surface area contributed by atoms with Crippen molar-refractivity contribution in [3.63, 3.8) is 0 Å². The first-order valence-electron chi connectivity index (χ1n) is 9.64. The third-order valence-electron chi connectivity index (χ3n) is 5.39. The van der Waals surface area contributed by atoms with Gasteiger partial charge in [-0.15, -0.1) is 0 Å². The summed E-state index contributed by atoms with van der Waals surface area (Å²) in [5.74, 6) is -0.319. The van der Waals surface area contributed by atoms with Gasteiger partial charge in [-0.25, -0.2) is 4.39 Å². The fourth-order valence-electron chi connectivity index (χ4n) is 3.87. The van der Waals surface area contributed by atoms with Gasteiger partial charge in [0.05, 0.1) is 37.7 Å². The minimum Gasteiger partial charge on any atom is -0.377 e. The van der Waals surface area contributed by atoms with Gasteiger partial charge in [-0.3, -0.25) is 14.3 Å². The summed E-state index contributed by atoms with van der Waals surface area (Å²) in [4.78, 5) is 24.0. The third kappa shape index (κ3) is 3.98. The second kappa shape index (κ2) is 7.86. The Kier molecular flexibility index (Phi) is 5.39. The van der Waals surface area contributed by atoms with E-state index in [9.17, 15) is 22.4 Å². The van der Waals surface area contributed by atoms with E-state index in [1.54, 1.807) is 0 Å². The molecule has 7 nitrogen and oxygen atoms in total. The van der Waals surface area contributed by atoms with E-state index in [1.165, 1.54) is 16.7 Å². The maximum absolute atomic E-state index is 13.8. The van der Waals surface area contributed by atoms with Crippen LogP contribution in [0.1, 0.15) is 19.0 Å². The van der Waals surface area contributed by atoms with Crippen LogP contribution in [0, 0.1) is 5.82 Å². The Balaban J connectivity index is 1.78. The number of alkyl halides is 3. The third-order valence-corrected chi connectivity index (χ3v) is 5.39. The molecule has 0 saturated carbocycles. The quantitative estimate of drug-likeness (QED) is 0.701. The maximum atomic E-state index is 13.8. The molecular formula is C19H21F4N5O2. The number of hydrogen-bond acceptors (Lipinski definition) is 6. The number of aromatic nitrogens is 3. The molecule has 1 saturated heterocycles. The van der Waals surface area contributed by atoms with E-state index in [1.807, 2.05) is 11.8 Å². The summed E-state index contributed by atoms with van der Waals surface area (Å²) in [6, 6.07) is 1.93. The lowest BCUT2D eigenvalue weighted by Gasteiger charge is -2.40. The number of nitrogens with zero attached hydrogens (tertiary/aromatic N) is 5. The van der Waals surface area contributed by atoms with Gasteiger partial charge in [0.15, 0.2) is 0 Å². The van der Waals surface area contributed by atoms with Crippen molar-refractivity contribution in [1.29, 1.82) is 0 Å². The Morgan fingerprint density at radius 2 is 2.07 bits per heavy atom. The molecule has 30 heavy (non-hydrogen) atoms. The fraction of sp³-hybridized carbons (Fsp3) is 0.526. The van der Waals surface area contributed by atoms with Crippen LogP contribution in [0.4, 0.5) is 29.3 Å². The van der Waals surface area contributed by atoms with Crippen molar-refractivity contribution in [2.75, 3.05) is 29.6 Å². The average molecular weight is 427 g/mol. The van der Waals surface area contributed by atoms with E-state index in [-0.39, 0.29) is 37.2 Å². The zero-order valence-corrected chi connectivity index (χ0v) is 16.3. The minimum absolute atomic E-state index is 0.0594. The average Bonchev–Trinajstić information content (AvgIpc) is 2.69. The van der Waals surface area contributed by atoms with Crippen LogP contribution in [-0.4, -0.2) is 52.6 Å². The van der Waals surface area contributed by atoms with Crippen molar-refractivity contribution in [1.82, 2.24) is 14.5 Å². The van der Waals surface area contributed by atoms with Crippen molar-refractivity contribution in [3.8, 4) is 0 Å². The number of pyridine rings is 1. The molecule has 4 heterocycles. The van der Waals surface area contributed by atoms with Crippen molar-refractivity contribution in [2.24, 2.45) is 0 Å². The molecule has 4 rings (SSSR count). The van der Waals surface area contributed by atoms with Gasteiger partial charge < -0.3 is 14.5 Å². The molecule has 11 heteroatoms. The van der Waals surface area contributed by atoms with E-state index in [0.717, 1.165) is 17.2 Å². The van der Waals surface area contributed by atoms with Gasteiger partial charge in [0.2, 0.25) is 5.95 Å². The molecule has 0 spiro atoms. The second-order valence-electron chi connectivity index (χ2n) is 7.46. The lowest BCUT2D eigenvalue weighted by molar-refractivity contribution is -0.153. The van der Waals surface area contributed by atoms with Gasteiger partial charge in [-0.05, 0) is 25.5 Å². The zero-order chi connectivity index (χ0) is 21.5. The molecule has 0 aromatic carbocycles. The Bertz CT molecular complexity index is 963. The summed E-state index contributed by atoms with van der Waals surface area (Å²) in [6.45, 7) is 2.93. The number of ether oxygens (including phenoxy) is 1. The summed E-state index contributed by atoms with van der Waals surface area (Å²) in [5.41, 5.74) is -0.162. The first-order chi connectivity index (χ1) is 14.2. The van der Waals surface area contributed by atoms with Gasteiger partial charge in [0, 0.05) is 19.2 Å². The molecular weight excluding hydrogens is 406 g/mol. The molecule has 2 aliphatic heterocycles. The Labute approximate surface area is 169 Å². The molecule has 162 valence electrons. The van der Waals surface area contributed by atoms with Crippen LogP contribution in [0.5, 0.6) is 0 Å². The fourth-order valence-corrected chi connectivity index (χ4v) is 3.87. The van der Waals surface area contributed by atoms with Crippen LogP contribution < -0.4 is 15.4 Å². The summed E-state index contributed by atoms with van der Waals surface area (Å²) in [7, 11) is 0. The Morgan fingerprint density at radius 1 is 1.27 bits per heavy atom. The van der Waals surface area contributed by atoms with Gasteiger partial charge in [0.1, 0.15) is 17.7 Å². The minimum atomic E-state index is -4.52. The standard InChI is InChI=1S/C19H21F4N5O2/c1-12-11-30-7-6-26(12)16-8-17(29)27-5-4-15(19(21,22)23)28(18(27)25-16)10-14-3-2-13(20)9-24-14/h2-3,8-9,12,15H,4-7,10-11H2,1H3. The summed E-state index contributed by atoms with van der Waals surface area (Å²) in [5, 5.41) is 0. The van der Waals surface area contributed by atoms with E-state index in [0.29, 0.717) is 25.6 Å². The molecule has 0 aliphatic carbocycles. The molecule has 0 N–H and O–H groups in total. The number of fused-ring (bicyclic) bond motifs is 1. The van der Waals surface area contributed by atoms with E-state index >= 15 is 0 Å². The molecule has 2 unspecified atom stereocenters. The number of morpholine rings is 1. The lowest BCUT2D eigenvalue weighted by atomic mass is 10.1. The normalized spacial score (nSPS) is 22.2. The van der Waals surface area contributed by atoms with Crippen LogP contribution in [0.25, 0.3) is 0 Å². The number of anilines is 2. The van der Waals surface area contributed by atoms with E-state index in [4.69, 9.17) is 4.74 Å². The smallest absolute Gasteiger partial charge is 0.377 e. The first-order valence-corrected chi connectivity index (χ1v) is 9.64. The molecule has 0 bridgehead atoms. The molecule has 2 aromatic heterocycles. The molecule has 2 aromatic rings. The summed E-state index contributed by atoms with van der Waals surface area (Å²) >= 11 is 0. The highest BCUT2D eigenvalue weighted by atomic mass is 19.4. The highest BCUT2D eigenvalue weighted by Crippen LogP contribution is 2.35. The summed E-state index contributed by atoms with van der Waals surface area (Å²) < 4.78 is 61.3. The number of hydrogen-bond donors (Lipinski definition) is 0. The van der Waals surface area contributed by atoms with Gasteiger partial charge in [0.25, 0.3) is 5.56 Å². The molecule has 2 atom stereocenters. The van der Waals surface area contributed by atoms with Gasteiger partial charge >= 0.3 is 6.18 Å². The predicted octanol–water partition coefficient (Wildman–Crippen LogP) is 2.34. The van der Waals surface area contributed by atoms with E-state index in [2.05, 4.69) is 9.97 Å². The monoisotopic (exact) mass is 427 g/mol. The number of halogens is 4. The zero-order valence-electron chi connectivity index (χ0n) is 16.3. The Morgan fingerprint density at radius 3 is 2.73 bits per heavy atom. The second-order valence-corrected chi connectivity index (χ2v) is 7.46. The molecule has 1 fully saturated rings. The van der Waals surface area contributed by atoms with Crippen molar-refractivity contribution < 1.29 is 22.3 Å². The molecule has 0 amide bonds. The van der Waals surface area contributed by atoms with Crippen molar-refractivity contribution in [2.45, 2.75) is 44.7 Å². The highest BCUT2D eigenvalue weighted by Gasteiger charge is 2.47. The predicted molar refractivity (Wildman–Crippen MR) is 101 cm³/mol. The molecule has 2 aliphatic rings.